The van der Waals surface area contributed by atoms with Gasteiger partial charge in [-0.2, -0.15) is 0 Å². The van der Waals surface area contributed by atoms with Gasteiger partial charge in [0.2, 0.25) is 0 Å². The van der Waals surface area contributed by atoms with Crippen molar-refractivity contribution in [2.75, 3.05) is 13.1 Å². The molecule has 2 unspecified atom stereocenters. The Labute approximate surface area is 114 Å². The first kappa shape index (κ1) is 12.7. The van der Waals surface area contributed by atoms with Crippen LogP contribution in [0.3, 0.4) is 0 Å². The second-order valence-electron chi connectivity index (χ2n) is 5.75. The molecule has 1 aromatic carbocycles. The number of fused-ring (bicyclic) bond motifs is 1. The minimum absolute atomic E-state index is 0.255. The third-order valence-corrected chi connectivity index (χ3v) is 4.17. The van der Waals surface area contributed by atoms with Crippen LogP contribution in [0.1, 0.15) is 31.7 Å². The molecule has 3 rings (SSSR count). The van der Waals surface area contributed by atoms with Crippen molar-refractivity contribution in [3.63, 3.8) is 0 Å². The number of carbonyl (C=O) groups excluding carboxylic acids is 1. The molecule has 0 N–H and O–H groups in total. The zero-order valence-corrected chi connectivity index (χ0v) is 11.5. The SMILES string of the molecule is CC(=O)CC1CCCN1CC1Cc2ccccc2O1. The van der Waals surface area contributed by atoms with Crippen LogP contribution >= 0.6 is 0 Å². The van der Waals surface area contributed by atoms with E-state index in [1.54, 1.807) is 6.92 Å². The lowest BCUT2D eigenvalue weighted by atomic mass is 10.1. The van der Waals surface area contributed by atoms with E-state index in [9.17, 15) is 4.79 Å². The molecule has 2 atom stereocenters. The molecule has 0 amide bonds. The van der Waals surface area contributed by atoms with Crippen LogP contribution in [-0.4, -0.2) is 35.9 Å². The number of carbonyl (C=O) groups is 1. The number of Topliss-reactive ketones (excluding diaryl/α,β-unsaturated/α-hetero) is 1. The van der Waals surface area contributed by atoms with Gasteiger partial charge in [-0.15, -0.1) is 0 Å². The van der Waals surface area contributed by atoms with Crippen molar-refractivity contribution in [2.24, 2.45) is 0 Å². The second kappa shape index (κ2) is 5.33. The van der Waals surface area contributed by atoms with Gasteiger partial charge in [-0.3, -0.25) is 9.69 Å². The Balaban J connectivity index is 1.59. The van der Waals surface area contributed by atoms with E-state index in [4.69, 9.17) is 4.74 Å². The standard InChI is InChI=1S/C16H21NO2/c1-12(18)9-14-6-4-8-17(14)11-15-10-13-5-2-3-7-16(13)19-15/h2-3,5,7,14-15H,4,6,8-11H2,1H3. The van der Waals surface area contributed by atoms with Gasteiger partial charge in [0.1, 0.15) is 17.6 Å². The van der Waals surface area contributed by atoms with Crippen LogP contribution in [0.15, 0.2) is 24.3 Å². The Morgan fingerprint density at radius 3 is 3.05 bits per heavy atom. The Kier molecular flexibility index (Phi) is 3.56. The van der Waals surface area contributed by atoms with Crippen molar-refractivity contribution < 1.29 is 9.53 Å². The number of hydrogen-bond donors (Lipinski definition) is 0. The number of rotatable bonds is 4. The predicted molar refractivity (Wildman–Crippen MR) is 74.5 cm³/mol. The number of benzene rings is 1. The molecule has 0 aliphatic carbocycles. The van der Waals surface area contributed by atoms with Crippen molar-refractivity contribution in [1.29, 1.82) is 0 Å². The summed E-state index contributed by atoms with van der Waals surface area (Å²) < 4.78 is 6.00. The monoisotopic (exact) mass is 259 g/mol. The Morgan fingerprint density at radius 1 is 1.42 bits per heavy atom. The smallest absolute Gasteiger partial charge is 0.131 e. The van der Waals surface area contributed by atoms with Gasteiger partial charge in [0.05, 0.1) is 0 Å². The topological polar surface area (TPSA) is 29.5 Å². The summed E-state index contributed by atoms with van der Waals surface area (Å²) >= 11 is 0. The Morgan fingerprint density at radius 2 is 2.26 bits per heavy atom. The van der Waals surface area contributed by atoms with Crippen LogP contribution in [0, 0.1) is 0 Å². The van der Waals surface area contributed by atoms with Crippen molar-refractivity contribution in [3.8, 4) is 5.75 Å². The lowest BCUT2D eigenvalue weighted by Gasteiger charge is -2.26. The van der Waals surface area contributed by atoms with Gasteiger partial charge in [0, 0.05) is 25.4 Å². The van der Waals surface area contributed by atoms with Crippen molar-refractivity contribution in [1.82, 2.24) is 4.90 Å². The molecule has 1 saturated heterocycles. The van der Waals surface area contributed by atoms with E-state index in [1.165, 1.54) is 12.0 Å². The van der Waals surface area contributed by atoms with Crippen LogP contribution in [0.4, 0.5) is 0 Å². The van der Waals surface area contributed by atoms with E-state index in [0.29, 0.717) is 18.2 Å². The molecule has 2 heterocycles. The van der Waals surface area contributed by atoms with Gasteiger partial charge >= 0.3 is 0 Å². The van der Waals surface area contributed by atoms with Crippen LogP contribution < -0.4 is 4.74 Å². The molecule has 19 heavy (non-hydrogen) atoms. The summed E-state index contributed by atoms with van der Waals surface area (Å²) in [5, 5.41) is 0. The molecule has 2 aliphatic heterocycles. The molecule has 0 radical (unpaired) electrons. The van der Waals surface area contributed by atoms with Crippen molar-refractivity contribution in [2.45, 2.75) is 44.8 Å². The molecule has 1 fully saturated rings. The van der Waals surface area contributed by atoms with Crippen LogP contribution in [0.5, 0.6) is 5.75 Å². The van der Waals surface area contributed by atoms with Crippen LogP contribution in [0.2, 0.25) is 0 Å². The molecule has 2 aliphatic rings. The number of ketones is 1. The number of hydrogen-bond acceptors (Lipinski definition) is 3. The van der Waals surface area contributed by atoms with Gasteiger partial charge in [0.25, 0.3) is 0 Å². The molecule has 0 aromatic heterocycles. The van der Waals surface area contributed by atoms with E-state index >= 15 is 0 Å². The maximum absolute atomic E-state index is 11.3. The minimum Gasteiger partial charge on any atom is -0.488 e. The normalized spacial score (nSPS) is 26.2. The molecule has 3 nitrogen and oxygen atoms in total. The van der Waals surface area contributed by atoms with Gasteiger partial charge in [-0.25, -0.2) is 0 Å². The van der Waals surface area contributed by atoms with Gasteiger partial charge in [-0.1, -0.05) is 18.2 Å². The molecule has 3 heteroatoms. The van der Waals surface area contributed by atoms with Crippen LogP contribution in [0.25, 0.3) is 0 Å². The quantitative estimate of drug-likeness (QED) is 0.831. The first-order valence-corrected chi connectivity index (χ1v) is 7.20. The van der Waals surface area contributed by atoms with E-state index in [-0.39, 0.29) is 6.10 Å². The van der Waals surface area contributed by atoms with Crippen molar-refractivity contribution in [3.05, 3.63) is 29.8 Å². The second-order valence-corrected chi connectivity index (χ2v) is 5.75. The molecule has 1 aromatic rings. The molecule has 102 valence electrons. The third kappa shape index (κ3) is 2.81. The van der Waals surface area contributed by atoms with Crippen molar-refractivity contribution >= 4 is 5.78 Å². The fraction of sp³-hybridized carbons (Fsp3) is 0.562. The lowest BCUT2D eigenvalue weighted by molar-refractivity contribution is -0.118. The Bertz CT molecular complexity index is 447. The third-order valence-electron chi connectivity index (χ3n) is 4.17. The Hall–Kier alpha value is -1.35. The average Bonchev–Trinajstić information content (AvgIpc) is 2.95. The highest BCUT2D eigenvalue weighted by molar-refractivity contribution is 5.76. The summed E-state index contributed by atoms with van der Waals surface area (Å²) in [6.45, 7) is 3.75. The summed E-state index contributed by atoms with van der Waals surface area (Å²) in [6.07, 6.45) is 4.31. The lowest BCUT2D eigenvalue weighted by Crippen LogP contribution is -2.38. The van der Waals surface area contributed by atoms with Gasteiger partial charge < -0.3 is 4.74 Å². The van der Waals surface area contributed by atoms with Crippen LogP contribution in [-0.2, 0) is 11.2 Å². The van der Waals surface area contributed by atoms with Gasteiger partial charge in [0.15, 0.2) is 0 Å². The number of nitrogens with zero attached hydrogens (tertiary/aromatic N) is 1. The zero-order valence-electron chi connectivity index (χ0n) is 11.5. The molecular weight excluding hydrogens is 238 g/mol. The number of ether oxygens (including phenoxy) is 1. The zero-order chi connectivity index (χ0) is 13.2. The largest absolute Gasteiger partial charge is 0.488 e. The highest BCUT2D eigenvalue weighted by atomic mass is 16.5. The summed E-state index contributed by atoms with van der Waals surface area (Å²) in [7, 11) is 0. The molecule has 0 saturated carbocycles. The predicted octanol–water partition coefficient (Wildman–Crippen LogP) is 2.43. The molecule has 0 spiro atoms. The molecular formula is C16H21NO2. The van der Waals surface area contributed by atoms with Gasteiger partial charge in [-0.05, 0) is 37.9 Å². The average molecular weight is 259 g/mol. The fourth-order valence-electron chi connectivity index (χ4n) is 3.32. The summed E-state index contributed by atoms with van der Waals surface area (Å²) in [5.41, 5.74) is 1.31. The van der Waals surface area contributed by atoms with E-state index < -0.39 is 0 Å². The summed E-state index contributed by atoms with van der Waals surface area (Å²) in [5.74, 6) is 1.34. The summed E-state index contributed by atoms with van der Waals surface area (Å²) in [6, 6.07) is 8.72. The maximum atomic E-state index is 11.3. The maximum Gasteiger partial charge on any atom is 0.131 e. The van der Waals surface area contributed by atoms with E-state index in [1.807, 2.05) is 12.1 Å². The highest BCUT2D eigenvalue weighted by Crippen LogP contribution is 2.30. The van der Waals surface area contributed by atoms with E-state index in [0.717, 1.165) is 31.7 Å². The first-order chi connectivity index (χ1) is 9.22. The fourth-order valence-corrected chi connectivity index (χ4v) is 3.32. The molecule has 0 bridgehead atoms. The number of likely N-dealkylation sites (tertiary alicyclic amines) is 1. The summed E-state index contributed by atoms with van der Waals surface area (Å²) in [4.78, 5) is 13.7. The minimum atomic E-state index is 0.255. The first-order valence-electron chi connectivity index (χ1n) is 7.20. The highest BCUT2D eigenvalue weighted by Gasteiger charge is 2.30. The van der Waals surface area contributed by atoms with E-state index in [2.05, 4.69) is 17.0 Å². The number of para-hydroxylation sites is 1.